The van der Waals surface area contributed by atoms with Crippen molar-refractivity contribution in [3.63, 3.8) is 0 Å². The zero-order valence-electron chi connectivity index (χ0n) is 12.1. The summed E-state index contributed by atoms with van der Waals surface area (Å²) in [6.45, 7) is 5.14. The molecule has 0 radical (unpaired) electrons. The van der Waals surface area contributed by atoms with Crippen molar-refractivity contribution in [2.75, 3.05) is 13.1 Å². The number of rotatable bonds is 5. The van der Waals surface area contributed by atoms with E-state index in [-0.39, 0.29) is 11.8 Å². The molecule has 1 aromatic rings. The van der Waals surface area contributed by atoms with Crippen molar-refractivity contribution in [3.8, 4) is 0 Å². The third kappa shape index (κ3) is 3.03. The van der Waals surface area contributed by atoms with E-state index in [2.05, 4.69) is 16.8 Å². The normalized spacial score (nSPS) is 18.8. The van der Waals surface area contributed by atoms with Crippen LogP contribution in [0.5, 0.6) is 0 Å². The number of carbonyl (C=O) groups excluding carboxylic acids is 2. The molecule has 0 atom stereocenters. The Morgan fingerprint density at radius 1 is 1.35 bits per heavy atom. The summed E-state index contributed by atoms with van der Waals surface area (Å²) in [6, 6.07) is 2.09. The first-order valence-corrected chi connectivity index (χ1v) is 8.17. The van der Waals surface area contributed by atoms with Gasteiger partial charge in [0.2, 0.25) is 11.8 Å². The molecule has 0 aliphatic carbocycles. The van der Waals surface area contributed by atoms with E-state index in [1.54, 1.807) is 11.3 Å². The molecule has 0 unspecified atom stereocenters. The Morgan fingerprint density at radius 2 is 2.10 bits per heavy atom. The molecule has 2 rings (SSSR count). The van der Waals surface area contributed by atoms with Crippen molar-refractivity contribution < 1.29 is 9.59 Å². The molecule has 1 saturated heterocycles. The lowest BCUT2D eigenvalue weighted by Crippen LogP contribution is -2.56. The first-order valence-electron chi connectivity index (χ1n) is 7.22. The summed E-state index contributed by atoms with van der Waals surface area (Å²) in [5, 5.41) is 7.09. The molecular weight excluding hydrogens is 272 g/mol. The molecular formula is C15H22N2O2S. The van der Waals surface area contributed by atoms with E-state index in [0.717, 1.165) is 6.42 Å². The Labute approximate surface area is 124 Å². The molecule has 2 amide bonds. The largest absolute Gasteiger partial charge is 0.342 e. The van der Waals surface area contributed by atoms with Crippen LogP contribution in [0, 0.1) is 0 Å². The molecule has 1 N–H and O–H groups in total. The van der Waals surface area contributed by atoms with Crippen LogP contribution in [0.15, 0.2) is 16.8 Å². The Balaban J connectivity index is 2.11. The SMILES string of the molecule is CCC1(CC)NC(=O)CCN(CCc2ccsc2)C1=O. The van der Waals surface area contributed by atoms with Crippen molar-refractivity contribution >= 4 is 23.2 Å². The number of hydrogen-bond acceptors (Lipinski definition) is 3. The van der Waals surface area contributed by atoms with Gasteiger partial charge in [0.25, 0.3) is 0 Å². The fraction of sp³-hybridized carbons (Fsp3) is 0.600. The minimum Gasteiger partial charge on any atom is -0.342 e. The molecule has 4 nitrogen and oxygen atoms in total. The average Bonchev–Trinajstić information content (AvgIpc) is 2.93. The Hall–Kier alpha value is -1.36. The van der Waals surface area contributed by atoms with Crippen molar-refractivity contribution in [2.24, 2.45) is 0 Å². The highest BCUT2D eigenvalue weighted by Crippen LogP contribution is 2.22. The first kappa shape index (κ1) is 15.0. The zero-order chi connectivity index (χ0) is 14.6. The van der Waals surface area contributed by atoms with Crippen LogP contribution in [0.4, 0.5) is 0 Å². The smallest absolute Gasteiger partial charge is 0.248 e. The monoisotopic (exact) mass is 294 g/mol. The van der Waals surface area contributed by atoms with E-state index >= 15 is 0 Å². The van der Waals surface area contributed by atoms with E-state index in [1.165, 1.54) is 5.56 Å². The van der Waals surface area contributed by atoms with Gasteiger partial charge in [-0.2, -0.15) is 11.3 Å². The number of nitrogens with one attached hydrogen (secondary N) is 1. The summed E-state index contributed by atoms with van der Waals surface area (Å²) < 4.78 is 0. The minimum atomic E-state index is -0.706. The molecule has 0 spiro atoms. The summed E-state index contributed by atoms with van der Waals surface area (Å²) in [6.07, 6.45) is 2.54. The van der Waals surface area contributed by atoms with E-state index in [0.29, 0.717) is 32.4 Å². The molecule has 1 aliphatic rings. The van der Waals surface area contributed by atoms with E-state index in [9.17, 15) is 9.59 Å². The number of amides is 2. The van der Waals surface area contributed by atoms with Crippen LogP contribution in [0.2, 0.25) is 0 Å². The second kappa shape index (κ2) is 6.39. The van der Waals surface area contributed by atoms with Gasteiger partial charge in [-0.3, -0.25) is 9.59 Å². The lowest BCUT2D eigenvalue weighted by atomic mass is 9.91. The molecule has 5 heteroatoms. The lowest BCUT2D eigenvalue weighted by molar-refractivity contribution is -0.139. The van der Waals surface area contributed by atoms with Gasteiger partial charge in [0.1, 0.15) is 5.54 Å². The van der Waals surface area contributed by atoms with Gasteiger partial charge in [0.15, 0.2) is 0 Å². The van der Waals surface area contributed by atoms with Crippen LogP contribution >= 0.6 is 11.3 Å². The van der Waals surface area contributed by atoms with Crippen molar-refractivity contribution in [3.05, 3.63) is 22.4 Å². The Kier molecular flexibility index (Phi) is 4.81. The van der Waals surface area contributed by atoms with Crippen LogP contribution in [0.3, 0.4) is 0 Å². The van der Waals surface area contributed by atoms with Gasteiger partial charge < -0.3 is 10.2 Å². The quantitative estimate of drug-likeness (QED) is 0.905. The highest BCUT2D eigenvalue weighted by Gasteiger charge is 2.41. The maximum absolute atomic E-state index is 12.7. The van der Waals surface area contributed by atoms with Crippen molar-refractivity contribution in [1.29, 1.82) is 0 Å². The maximum Gasteiger partial charge on any atom is 0.248 e. The van der Waals surface area contributed by atoms with Gasteiger partial charge >= 0.3 is 0 Å². The number of thiophene rings is 1. The third-order valence-corrected chi connectivity index (χ3v) is 4.87. The van der Waals surface area contributed by atoms with Gasteiger partial charge in [-0.25, -0.2) is 0 Å². The number of carbonyl (C=O) groups is 2. The van der Waals surface area contributed by atoms with Crippen molar-refractivity contribution in [2.45, 2.75) is 45.1 Å². The van der Waals surface area contributed by atoms with Crippen molar-refractivity contribution in [1.82, 2.24) is 10.2 Å². The summed E-state index contributed by atoms with van der Waals surface area (Å²) >= 11 is 1.67. The van der Waals surface area contributed by atoms with Gasteiger partial charge in [0, 0.05) is 19.5 Å². The topological polar surface area (TPSA) is 49.4 Å². The van der Waals surface area contributed by atoms with Crippen LogP contribution < -0.4 is 5.32 Å². The van der Waals surface area contributed by atoms with E-state index in [1.807, 2.05) is 24.1 Å². The minimum absolute atomic E-state index is 0.0138. The summed E-state index contributed by atoms with van der Waals surface area (Å²) in [7, 11) is 0. The third-order valence-electron chi connectivity index (χ3n) is 4.14. The first-order chi connectivity index (χ1) is 9.61. The van der Waals surface area contributed by atoms with Gasteiger partial charge in [-0.1, -0.05) is 13.8 Å². The average molecular weight is 294 g/mol. The molecule has 20 heavy (non-hydrogen) atoms. The molecule has 0 aromatic carbocycles. The van der Waals surface area contributed by atoms with Crippen LogP contribution in [0.25, 0.3) is 0 Å². The summed E-state index contributed by atoms with van der Waals surface area (Å²) in [5.41, 5.74) is 0.548. The van der Waals surface area contributed by atoms with Gasteiger partial charge in [0.05, 0.1) is 0 Å². The van der Waals surface area contributed by atoms with E-state index in [4.69, 9.17) is 0 Å². The van der Waals surface area contributed by atoms with Gasteiger partial charge in [-0.15, -0.1) is 0 Å². The summed E-state index contributed by atoms with van der Waals surface area (Å²) in [4.78, 5) is 26.5. The highest BCUT2D eigenvalue weighted by atomic mass is 32.1. The molecule has 1 aliphatic heterocycles. The predicted molar refractivity (Wildman–Crippen MR) is 80.7 cm³/mol. The zero-order valence-corrected chi connectivity index (χ0v) is 13.0. The Bertz CT molecular complexity index is 466. The number of hydrogen-bond donors (Lipinski definition) is 1. The van der Waals surface area contributed by atoms with E-state index < -0.39 is 5.54 Å². The Morgan fingerprint density at radius 3 is 2.70 bits per heavy atom. The standard InChI is InChI=1S/C15H22N2O2S/c1-3-15(4-2)14(19)17(9-6-13(18)16-15)8-5-12-7-10-20-11-12/h7,10-11H,3-6,8-9H2,1-2H3,(H,16,18). The van der Waals surface area contributed by atoms with Crippen LogP contribution in [0.1, 0.15) is 38.7 Å². The maximum atomic E-state index is 12.7. The highest BCUT2D eigenvalue weighted by molar-refractivity contribution is 7.07. The number of nitrogens with zero attached hydrogens (tertiary/aromatic N) is 1. The second-order valence-corrected chi connectivity index (χ2v) is 6.04. The summed E-state index contributed by atoms with van der Waals surface area (Å²) in [5.74, 6) is 0.0589. The second-order valence-electron chi connectivity index (χ2n) is 5.26. The van der Waals surface area contributed by atoms with Crippen LogP contribution in [-0.4, -0.2) is 35.3 Å². The lowest BCUT2D eigenvalue weighted by Gasteiger charge is -2.33. The molecule has 0 bridgehead atoms. The molecule has 110 valence electrons. The molecule has 2 heterocycles. The molecule has 0 saturated carbocycles. The van der Waals surface area contributed by atoms with Crippen LogP contribution in [-0.2, 0) is 16.0 Å². The van der Waals surface area contributed by atoms with Gasteiger partial charge in [-0.05, 0) is 41.7 Å². The molecule has 1 fully saturated rings. The fourth-order valence-corrected chi connectivity index (χ4v) is 3.37. The predicted octanol–water partition coefficient (Wildman–Crippen LogP) is 2.20. The fourth-order valence-electron chi connectivity index (χ4n) is 2.67. The molecule has 1 aromatic heterocycles.